The van der Waals surface area contributed by atoms with E-state index in [1.165, 1.54) is 11.1 Å². The Morgan fingerprint density at radius 1 is 1.30 bits per heavy atom. The molecule has 0 saturated heterocycles. The van der Waals surface area contributed by atoms with Gasteiger partial charge >= 0.3 is 0 Å². The average molecular weight is 337 g/mol. The number of methoxy groups -OCH3 is 1. The molecule has 0 N–H and O–H groups in total. The standard InChI is InChI=1S/C16H21BrN2O/c1-3-19-12-14(11-18-19)8-13(10-17)9-15-6-4-5-7-16(15)20-2/h4-7,11-13H,3,8-10H2,1-2H3. The molecule has 0 aliphatic carbocycles. The highest BCUT2D eigenvalue weighted by Crippen LogP contribution is 2.23. The molecule has 0 bridgehead atoms. The van der Waals surface area contributed by atoms with Crippen molar-refractivity contribution in [3.8, 4) is 5.75 Å². The monoisotopic (exact) mass is 336 g/mol. The van der Waals surface area contributed by atoms with Crippen LogP contribution in [0.15, 0.2) is 36.7 Å². The van der Waals surface area contributed by atoms with Gasteiger partial charge < -0.3 is 4.74 Å². The molecule has 0 saturated carbocycles. The van der Waals surface area contributed by atoms with Crippen molar-refractivity contribution in [3.63, 3.8) is 0 Å². The fourth-order valence-corrected chi connectivity index (χ4v) is 2.84. The van der Waals surface area contributed by atoms with Gasteiger partial charge in [0.05, 0.1) is 13.3 Å². The molecule has 1 heterocycles. The van der Waals surface area contributed by atoms with E-state index in [1.54, 1.807) is 7.11 Å². The Morgan fingerprint density at radius 2 is 2.10 bits per heavy atom. The second-order valence-corrected chi connectivity index (χ2v) is 5.59. The van der Waals surface area contributed by atoms with Gasteiger partial charge in [-0.05, 0) is 42.9 Å². The van der Waals surface area contributed by atoms with Gasteiger partial charge in [0.25, 0.3) is 0 Å². The van der Waals surface area contributed by atoms with Crippen LogP contribution in [0.25, 0.3) is 0 Å². The van der Waals surface area contributed by atoms with Crippen LogP contribution in [0.4, 0.5) is 0 Å². The van der Waals surface area contributed by atoms with Gasteiger partial charge in [0.2, 0.25) is 0 Å². The highest BCUT2D eigenvalue weighted by Gasteiger charge is 2.13. The van der Waals surface area contributed by atoms with Crippen molar-refractivity contribution in [2.24, 2.45) is 5.92 Å². The van der Waals surface area contributed by atoms with Gasteiger partial charge in [-0.1, -0.05) is 34.1 Å². The molecule has 0 radical (unpaired) electrons. The summed E-state index contributed by atoms with van der Waals surface area (Å²) in [6.07, 6.45) is 6.15. The van der Waals surface area contributed by atoms with Crippen molar-refractivity contribution < 1.29 is 4.74 Å². The number of nitrogens with zero attached hydrogens (tertiary/aromatic N) is 2. The van der Waals surface area contributed by atoms with Crippen LogP contribution >= 0.6 is 15.9 Å². The Labute approximate surface area is 129 Å². The van der Waals surface area contributed by atoms with Gasteiger partial charge in [0, 0.05) is 18.1 Å². The Morgan fingerprint density at radius 3 is 2.75 bits per heavy atom. The molecule has 0 fully saturated rings. The van der Waals surface area contributed by atoms with Crippen LogP contribution in [0.3, 0.4) is 0 Å². The maximum atomic E-state index is 5.43. The zero-order valence-electron chi connectivity index (χ0n) is 12.1. The number of hydrogen-bond donors (Lipinski definition) is 0. The summed E-state index contributed by atoms with van der Waals surface area (Å²) in [5.41, 5.74) is 2.56. The van der Waals surface area contributed by atoms with Gasteiger partial charge in [-0.2, -0.15) is 5.10 Å². The van der Waals surface area contributed by atoms with Gasteiger partial charge in [-0.15, -0.1) is 0 Å². The number of ether oxygens (including phenoxy) is 1. The molecule has 20 heavy (non-hydrogen) atoms. The van der Waals surface area contributed by atoms with Crippen LogP contribution in [0.1, 0.15) is 18.1 Å². The van der Waals surface area contributed by atoms with Crippen LogP contribution in [0, 0.1) is 5.92 Å². The van der Waals surface area contributed by atoms with Crippen molar-refractivity contribution in [2.75, 3.05) is 12.4 Å². The quantitative estimate of drug-likeness (QED) is 0.720. The average Bonchev–Trinajstić information content (AvgIpc) is 2.94. The van der Waals surface area contributed by atoms with E-state index in [0.717, 1.165) is 30.5 Å². The number of aromatic nitrogens is 2. The number of rotatable bonds is 7. The molecular formula is C16H21BrN2O. The summed E-state index contributed by atoms with van der Waals surface area (Å²) in [6.45, 7) is 3.03. The molecule has 108 valence electrons. The maximum absolute atomic E-state index is 5.43. The number of para-hydroxylation sites is 1. The minimum absolute atomic E-state index is 0.542. The number of hydrogen-bond acceptors (Lipinski definition) is 2. The summed E-state index contributed by atoms with van der Waals surface area (Å²) in [7, 11) is 1.73. The summed E-state index contributed by atoms with van der Waals surface area (Å²) in [4.78, 5) is 0. The first-order chi connectivity index (χ1) is 9.76. The van der Waals surface area contributed by atoms with Gasteiger partial charge in [-0.25, -0.2) is 0 Å². The van der Waals surface area contributed by atoms with Crippen LogP contribution < -0.4 is 4.74 Å². The molecule has 0 spiro atoms. The molecule has 1 aromatic carbocycles. The predicted molar refractivity (Wildman–Crippen MR) is 85.6 cm³/mol. The lowest BCUT2D eigenvalue weighted by Crippen LogP contribution is -2.10. The number of benzene rings is 1. The Kier molecular flexibility index (Phi) is 5.65. The van der Waals surface area contributed by atoms with E-state index < -0.39 is 0 Å². The summed E-state index contributed by atoms with van der Waals surface area (Å²) >= 11 is 3.63. The molecule has 4 heteroatoms. The highest BCUT2D eigenvalue weighted by molar-refractivity contribution is 9.09. The van der Waals surface area contributed by atoms with E-state index in [0.29, 0.717) is 5.92 Å². The molecule has 3 nitrogen and oxygen atoms in total. The first kappa shape index (κ1) is 15.1. The molecule has 1 unspecified atom stereocenters. The van der Waals surface area contributed by atoms with Gasteiger partial charge in [0.1, 0.15) is 5.75 Å². The van der Waals surface area contributed by atoms with Gasteiger partial charge in [-0.3, -0.25) is 4.68 Å². The predicted octanol–water partition coefficient (Wildman–Crippen LogP) is 3.71. The summed E-state index contributed by atoms with van der Waals surface area (Å²) in [5, 5.41) is 5.31. The second-order valence-electron chi connectivity index (χ2n) is 4.94. The van der Waals surface area contributed by atoms with Crippen LogP contribution in [-0.2, 0) is 19.4 Å². The van der Waals surface area contributed by atoms with E-state index in [9.17, 15) is 0 Å². The maximum Gasteiger partial charge on any atom is 0.122 e. The summed E-state index contributed by atoms with van der Waals surface area (Å²) in [6, 6.07) is 8.24. The lowest BCUT2D eigenvalue weighted by molar-refractivity contribution is 0.406. The van der Waals surface area contributed by atoms with Crippen LogP contribution in [-0.4, -0.2) is 22.2 Å². The summed E-state index contributed by atoms with van der Waals surface area (Å²) < 4.78 is 7.41. The molecule has 1 atom stereocenters. The first-order valence-corrected chi connectivity index (χ1v) is 8.08. The lowest BCUT2D eigenvalue weighted by Gasteiger charge is -2.15. The van der Waals surface area contributed by atoms with Crippen molar-refractivity contribution in [1.82, 2.24) is 9.78 Å². The van der Waals surface area contributed by atoms with E-state index in [-0.39, 0.29) is 0 Å². The van der Waals surface area contributed by atoms with Crippen molar-refractivity contribution >= 4 is 15.9 Å². The largest absolute Gasteiger partial charge is 0.496 e. The third kappa shape index (κ3) is 3.85. The fraction of sp³-hybridized carbons (Fsp3) is 0.438. The Balaban J connectivity index is 2.05. The molecule has 0 aliphatic rings. The Hall–Kier alpha value is -1.29. The van der Waals surface area contributed by atoms with Crippen molar-refractivity contribution in [3.05, 3.63) is 47.8 Å². The first-order valence-electron chi connectivity index (χ1n) is 6.96. The SMILES string of the molecule is CCn1cc(CC(CBr)Cc2ccccc2OC)cn1. The summed E-state index contributed by atoms with van der Waals surface area (Å²) in [5.74, 6) is 1.52. The van der Waals surface area contributed by atoms with Crippen molar-refractivity contribution in [1.29, 1.82) is 0 Å². The van der Waals surface area contributed by atoms with E-state index >= 15 is 0 Å². The zero-order valence-corrected chi connectivity index (χ0v) is 13.6. The second kappa shape index (κ2) is 7.48. The van der Waals surface area contributed by atoms with Crippen LogP contribution in [0.5, 0.6) is 5.75 Å². The van der Waals surface area contributed by atoms with Crippen LogP contribution in [0.2, 0.25) is 0 Å². The van der Waals surface area contributed by atoms with Crippen molar-refractivity contribution in [2.45, 2.75) is 26.3 Å². The van der Waals surface area contributed by atoms with Gasteiger partial charge in [0.15, 0.2) is 0 Å². The fourth-order valence-electron chi connectivity index (χ4n) is 2.38. The third-order valence-corrected chi connectivity index (χ3v) is 4.37. The topological polar surface area (TPSA) is 27.1 Å². The van der Waals surface area contributed by atoms with E-state index in [4.69, 9.17) is 4.74 Å². The number of halogens is 1. The molecule has 2 rings (SSSR count). The number of aryl methyl sites for hydroxylation is 1. The molecule has 1 aromatic heterocycles. The minimum Gasteiger partial charge on any atom is -0.496 e. The zero-order chi connectivity index (χ0) is 14.4. The molecule has 0 aliphatic heterocycles. The Bertz CT molecular complexity index is 539. The molecule has 2 aromatic rings. The van der Waals surface area contributed by atoms with E-state index in [2.05, 4.69) is 46.3 Å². The van der Waals surface area contributed by atoms with E-state index in [1.807, 2.05) is 23.0 Å². The molecule has 0 amide bonds. The number of alkyl halides is 1. The lowest BCUT2D eigenvalue weighted by atomic mass is 9.95. The highest BCUT2D eigenvalue weighted by atomic mass is 79.9. The normalized spacial score (nSPS) is 12.3. The molecular weight excluding hydrogens is 316 g/mol. The third-order valence-electron chi connectivity index (χ3n) is 3.45. The smallest absolute Gasteiger partial charge is 0.122 e. The minimum atomic E-state index is 0.542.